The van der Waals surface area contributed by atoms with Gasteiger partial charge >= 0.3 is 5.97 Å². The molecular weight excluding hydrogens is 200 g/mol. The number of hydrogen-bond donors (Lipinski definition) is 1. The molecule has 2 heteroatoms. The third-order valence-corrected chi connectivity index (χ3v) is 3.90. The van der Waals surface area contributed by atoms with Crippen LogP contribution in [0.25, 0.3) is 0 Å². The lowest BCUT2D eigenvalue weighted by atomic mass is 9.56. The van der Waals surface area contributed by atoms with Crippen LogP contribution < -0.4 is 0 Å². The minimum atomic E-state index is -0.671. The molecule has 0 aliphatic heterocycles. The number of carboxylic acids is 1. The highest BCUT2D eigenvalue weighted by Crippen LogP contribution is 2.50. The van der Waals surface area contributed by atoms with E-state index in [-0.39, 0.29) is 0 Å². The van der Waals surface area contributed by atoms with Crippen molar-refractivity contribution in [3.63, 3.8) is 0 Å². The van der Waals surface area contributed by atoms with E-state index < -0.39 is 11.4 Å². The van der Waals surface area contributed by atoms with Gasteiger partial charge in [0.1, 0.15) is 0 Å². The molecular formula is C14H18O2. The molecule has 0 aromatic heterocycles. The van der Waals surface area contributed by atoms with Gasteiger partial charge in [-0.25, -0.2) is 0 Å². The van der Waals surface area contributed by atoms with Crippen LogP contribution in [0.3, 0.4) is 0 Å². The van der Waals surface area contributed by atoms with E-state index in [1.54, 1.807) is 0 Å². The van der Waals surface area contributed by atoms with Crippen molar-refractivity contribution in [1.82, 2.24) is 0 Å². The Morgan fingerprint density at radius 3 is 2.31 bits per heavy atom. The first-order chi connectivity index (χ1) is 7.56. The first kappa shape index (κ1) is 11.2. The van der Waals surface area contributed by atoms with Gasteiger partial charge in [0.15, 0.2) is 0 Å². The predicted molar refractivity (Wildman–Crippen MR) is 63.3 cm³/mol. The molecule has 0 amide bonds. The summed E-state index contributed by atoms with van der Waals surface area (Å²) in [4.78, 5) is 11.5. The molecule has 2 nitrogen and oxygen atoms in total. The maximum atomic E-state index is 11.5. The molecule has 1 N–H and O–H groups in total. The van der Waals surface area contributed by atoms with Gasteiger partial charge in [0.25, 0.3) is 0 Å². The number of carbonyl (C=O) groups is 1. The maximum absolute atomic E-state index is 11.5. The van der Waals surface area contributed by atoms with Crippen molar-refractivity contribution in [2.24, 2.45) is 11.8 Å². The van der Waals surface area contributed by atoms with Gasteiger partial charge in [-0.05, 0) is 30.2 Å². The highest BCUT2D eigenvalue weighted by molar-refractivity contribution is 5.82. The average molecular weight is 218 g/mol. The molecule has 0 heterocycles. The summed E-state index contributed by atoms with van der Waals surface area (Å²) >= 11 is 0. The van der Waals surface area contributed by atoms with E-state index in [1.165, 1.54) is 0 Å². The highest BCUT2D eigenvalue weighted by atomic mass is 16.4. The molecule has 1 aromatic carbocycles. The molecule has 1 aromatic rings. The molecule has 0 spiro atoms. The Morgan fingerprint density at radius 2 is 1.88 bits per heavy atom. The Morgan fingerprint density at radius 1 is 1.31 bits per heavy atom. The molecule has 0 radical (unpaired) electrons. The molecule has 0 atom stereocenters. The minimum absolute atomic E-state index is 0.552. The van der Waals surface area contributed by atoms with Crippen LogP contribution in [0.2, 0.25) is 0 Å². The molecule has 16 heavy (non-hydrogen) atoms. The lowest BCUT2D eigenvalue weighted by molar-refractivity contribution is -0.150. The van der Waals surface area contributed by atoms with Gasteiger partial charge in [-0.3, -0.25) is 4.79 Å². The quantitative estimate of drug-likeness (QED) is 0.846. The van der Waals surface area contributed by atoms with Gasteiger partial charge in [0.05, 0.1) is 5.41 Å². The molecule has 1 fully saturated rings. The SMILES string of the molecule is CC(C)C1CC(C(=O)O)(c2ccccc2)C1. The van der Waals surface area contributed by atoms with Crippen LogP contribution in [0, 0.1) is 11.8 Å². The van der Waals surface area contributed by atoms with E-state index in [1.807, 2.05) is 30.3 Å². The summed E-state index contributed by atoms with van der Waals surface area (Å²) in [6.45, 7) is 4.34. The summed E-state index contributed by atoms with van der Waals surface area (Å²) in [5.74, 6) is 0.461. The van der Waals surface area contributed by atoms with Gasteiger partial charge in [0.2, 0.25) is 0 Å². The Hall–Kier alpha value is -1.31. The van der Waals surface area contributed by atoms with Gasteiger partial charge in [0, 0.05) is 0 Å². The van der Waals surface area contributed by atoms with E-state index in [9.17, 15) is 9.90 Å². The molecule has 1 aliphatic carbocycles. The second-order valence-electron chi connectivity index (χ2n) is 5.17. The van der Waals surface area contributed by atoms with Crippen LogP contribution >= 0.6 is 0 Å². The van der Waals surface area contributed by atoms with Crippen molar-refractivity contribution in [3.05, 3.63) is 35.9 Å². The van der Waals surface area contributed by atoms with Gasteiger partial charge in [-0.1, -0.05) is 44.2 Å². The molecule has 0 unspecified atom stereocenters. The first-order valence-corrected chi connectivity index (χ1v) is 5.85. The van der Waals surface area contributed by atoms with Gasteiger partial charge in [-0.15, -0.1) is 0 Å². The van der Waals surface area contributed by atoms with Crippen molar-refractivity contribution in [2.45, 2.75) is 32.1 Å². The van der Waals surface area contributed by atoms with Crippen LogP contribution in [-0.2, 0) is 10.2 Å². The Kier molecular flexibility index (Phi) is 2.75. The summed E-state index contributed by atoms with van der Waals surface area (Å²) < 4.78 is 0. The zero-order chi connectivity index (χ0) is 11.8. The third kappa shape index (κ3) is 1.62. The second-order valence-corrected chi connectivity index (χ2v) is 5.17. The Balaban J connectivity index is 2.25. The highest BCUT2D eigenvalue weighted by Gasteiger charge is 2.52. The molecule has 2 rings (SSSR count). The van der Waals surface area contributed by atoms with Crippen LogP contribution in [0.5, 0.6) is 0 Å². The Bertz CT molecular complexity index is 375. The topological polar surface area (TPSA) is 37.3 Å². The fourth-order valence-electron chi connectivity index (χ4n) is 2.60. The van der Waals surface area contributed by atoms with Crippen LogP contribution in [0.1, 0.15) is 32.3 Å². The molecule has 0 bridgehead atoms. The summed E-state index contributed by atoms with van der Waals surface area (Å²) in [5, 5.41) is 9.44. The lowest BCUT2D eigenvalue weighted by Crippen LogP contribution is -2.49. The summed E-state index contributed by atoms with van der Waals surface area (Å²) in [6.07, 6.45) is 1.56. The van der Waals surface area contributed by atoms with Crippen molar-refractivity contribution in [3.8, 4) is 0 Å². The second kappa shape index (κ2) is 3.93. The summed E-state index contributed by atoms with van der Waals surface area (Å²) in [6, 6.07) is 9.64. The average Bonchev–Trinajstić information content (AvgIpc) is 2.16. The maximum Gasteiger partial charge on any atom is 0.314 e. The first-order valence-electron chi connectivity index (χ1n) is 5.85. The fourth-order valence-corrected chi connectivity index (χ4v) is 2.60. The van der Waals surface area contributed by atoms with Gasteiger partial charge in [-0.2, -0.15) is 0 Å². The van der Waals surface area contributed by atoms with E-state index in [0.29, 0.717) is 11.8 Å². The molecule has 0 saturated heterocycles. The normalized spacial score (nSPS) is 28.8. The predicted octanol–water partition coefficient (Wildman–Crippen LogP) is 3.08. The van der Waals surface area contributed by atoms with E-state index in [4.69, 9.17) is 0 Å². The van der Waals surface area contributed by atoms with Crippen molar-refractivity contribution >= 4 is 5.97 Å². The van der Waals surface area contributed by atoms with Crippen molar-refractivity contribution < 1.29 is 9.90 Å². The summed E-state index contributed by atoms with van der Waals surface area (Å²) in [7, 11) is 0. The van der Waals surface area contributed by atoms with E-state index >= 15 is 0 Å². The summed E-state index contributed by atoms with van der Waals surface area (Å²) in [5.41, 5.74) is 0.343. The largest absolute Gasteiger partial charge is 0.481 e. The van der Waals surface area contributed by atoms with Gasteiger partial charge < -0.3 is 5.11 Å². The Labute approximate surface area is 96.3 Å². The van der Waals surface area contributed by atoms with Crippen LogP contribution in [-0.4, -0.2) is 11.1 Å². The smallest absolute Gasteiger partial charge is 0.314 e. The van der Waals surface area contributed by atoms with Crippen LogP contribution in [0.15, 0.2) is 30.3 Å². The zero-order valence-electron chi connectivity index (χ0n) is 9.81. The molecule has 1 aliphatic rings. The number of hydrogen-bond acceptors (Lipinski definition) is 1. The zero-order valence-corrected chi connectivity index (χ0v) is 9.81. The minimum Gasteiger partial charge on any atom is -0.481 e. The van der Waals surface area contributed by atoms with E-state index in [2.05, 4.69) is 13.8 Å². The van der Waals surface area contributed by atoms with E-state index in [0.717, 1.165) is 18.4 Å². The number of aliphatic carboxylic acids is 1. The van der Waals surface area contributed by atoms with Crippen molar-refractivity contribution in [2.75, 3.05) is 0 Å². The monoisotopic (exact) mass is 218 g/mol. The number of benzene rings is 1. The lowest BCUT2D eigenvalue weighted by Gasteiger charge is -2.46. The number of carboxylic acid groups (broad SMARTS) is 1. The van der Waals surface area contributed by atoms with Crippen LogP contribution in [0.4, 0.5) is 0 Å². The fraction of sp³-hybridized carbons (Fsp3) is 0.500. The standard InChI is InChI=1S/C14H18O2/c1-10(2)11-8-14(9-11,13(15)16)12-6-4-3-5-7-12/h3-7,10-11H,8-9H2,1-2H3,(H,15,16). The third-order valence-electron chi connectivity index (χ3n) is 3.90. The van der Waals surface area contributed by atoms with Crippen molar-refractivity contribution in [1.29, 1.82) is 0 Å². The molecule has 1 saturated carbocycles. The molecule has 86 valence electrons. The number of rotatable bonds is 3.